The normalized spacial score (nSPS) is 26.9. The first-order valence-electron chi connectivity index (χ1n) is 5.78. The van der Waals surface area contributed by atoms with E-state index in [9.17, 15) is 4.39 Å². The third kappa shape index (κ3) is 2.60. The molecule has 0 aliphatic carbocycles. The van der Waals surface area contributed by atoms with Crippen molar-refractivity contribution in [1.82, 2.24) is 0 Å². The molecule has 3 atom stereocenters. The quantitative estimate of drug-likeness (QED) is 0.852. The standard InChI is InChI=1S/C13H18FNO/c1-9-6-7-16-13(9)12(15)8-10-2-4-11(14)5-3-10/h2-5,9,12-13H,6-8,15H2,1H3. The molecule has 1 aliphatic rings. The molecule has 0 amide bonds. The smallest absolute Gasteiger partial charge is 0.123 e. The molecule has 2 nitrogen and oxygen atoms in total. The van der Waals surface area contributed by atoms with Gasteiger partial charge in [-0.3, -0.25) is 0 Å². The van der Waals surface area contributed by atoms with Crippen LogP contribution in [0.1, 0.15) is 18.9 Å². The Balaban J connectivity index is 1.96. The van der Waals surface area contributed by atoms with Crippen LogP contribution in [0, 0.1) is 11.7 Å². The van der Waals surface area contributed by atoms with Crippen molar-refractivity contribution in [2.45, 2.75) is 31.9 Å². The van der Waals surface area contributed by atoms with Gasteiger partial charge in [-0.05, 0) is 36.5 Å². The second-order valence-electron chi connectivity index (χ2n) is 4.60. The summed E-state index contributed by atoms with van der Waals surface area (Å²) >= 11 is 0. The maximum absolute atomic E-state index is 12.7. The summed E-state index contributed by atoms with van der Waals surface area (Å²) < 4.78 is 18.4. The highest BCUT2D eigenvalue weighted by Crippen LogP contribution is 2.23. The number of rotatable bonds is 3. The van der Waals surface area contributed by atoms with Crippen LogP contribution in [0.25, 0.3) is 0 Å². The number of benzene rings is 1. The van der Waals surface area contributed by atoms with Gasteiger partial charge in [-0.25, -0.2) is 4.39 Å². The topological polar surface area (TPSA) is 35.2 Å². The molecule has 2 N–H and O–H groups in total. The van der Waals surface area contributed by atoms with E-state index in [1.165, 1.54) is 12.1 Å². The average molecular weight is 223 g/mol. The molecule has 1 aromatic rings. The number of nitrogens with two attached hydrogens (primary N) is 1. The molecule has 0 spiro atoms. The lowest BCUT2D eigenvalue weighted by Crippen LogP contribution is -2.39. The van der Waals surface area contributed by atoms with E-state index in [0.29, 0.717) is 5.92 Å². The fourth-order valence-electron chi connectivity index (χ4n) is 2.27. The van der Waals surface area contributed by atoms with Crippen molar-refractivity contribution in [3.05, 3.63) is 35.6 Å². The Labute approximate surface area is 95.6 Å². The van der Waals surface area contributed by atoms with Gasteiger partial charge in [0.2, 0.25) is 0 Å². The molecule has 3 heteroatoms. The van der Waals surface area contributed by atoms with Gasteiger partial charge in [0.15, 0.2) is 0 Å². The van der Waals surface area contributed by atoms with Gasteiger partial charge in [0.25, 0.3) is 0 Å². The van der Waals surface area contributed by atoms with E-state index in [4.69, 9.17) is 10.5 Å². The molecule has 1 fully saturated rings. The molecule has 0 saturated carbocycles. The highest BCUT2D eigenvalue weighted by Gasteiger charge is 2.29. The molecule has 16 heavy (non-hydrogen) atoms. The van der Waals surface area contributed by atoms with E-state index >= 15 is 0 Å². The van der Waals surface area contributed by atoms with Gasteiger partial charge < -0.3 is 10.5 Å². The van der Waals surface area contributed by atoms with Crippen LogP contribution in [-0.4, -0.2) is 18.8 Å². The summed E-state index contributed by atoms with van der Waals surface area (Å²) in [5.41, 5.74) is 7.19. The van der Waals surface area contributed by atoms with Crippen LogP contribution in [0.3, 0.4) is 0 Å². The molecule has 1 heterocycles. The Hall–Kier alpha value is -0.930. The minimum atomic E-state index is -0.206. The van der Waals surface area contributed by atoms with Gasteiger partial charge in [-0.1, -0.05) is 19.1 Å². The van der Waals surface area contributed by atoms with E-state index < -0.39 is 0 Å². The second kappa shape index (κ2) is 4.93. The maximum atomic E-state index is 12.7. The fraction of sp³-hybridized carbons (Fsp3) is 0.538. The first-order valence-corrected chi connectivity index (χ1v) is 5.78. The van der Waals surface area contributed by atoms with E-state index in [1.807, 2.05) is 0 Å². The Morgan fingerprint density at radius 1 is 1.44 bits per heavy atom. The van der Waals surface area contributed by atoms with Crippen molar-refractivity contribution in [3.8, 4) is 0 Å². The van der Waals surface area contributed by atoms with Crippen LogP contribution < -0.4 is 5.73 Å². The third-order valence-electron chi connectivity index (χ3n) is 3.25. The van der Waals surface area contributed by atoms with Crippen molar-refractivity contribution < 1.29 is 9.13 Å². The van der Waals surface area contributed by atoms with Crippen molar-refractivity contribution in [1.29, 1.82) is 0 Å². The van der Waals surface area contributed by atoms with Gasteiger partial charge in [-0.2, -0.15) is 0 Å². The molecule has 3 unspecified atom stereocenters. The van der Waals surface area contributed by atoms with Gasteiger partial charge in [0, 0.05) is 12.6 Å². The van der Waals surface area contributed by atoms with E-state index in [1.54, 1.807) is 12.1 Å². The minimum Gasteiger partial charge on any atom is -0.376 e. The van der Waals surface area contributed by atoms with Crippen molar-refractivity contribution in [2.75, 3.05) is 6.61 Å². The van der Waals surface area contributed by atoms with Crippen LogP contribution >= 0.6 is 0 Å². The zero-order chi connectivity index (χ0) is 11.5. The number of hydrogen-bond acceptors (Lipinski definition) is 2. The lowest BCUT2D eigenvalue weighted by atomic mass is 9.94. The van der Waals surface area contributed by atoms with Crippen LogP contribution in [0.2, 0.25) is 0 Å². The van der Waals surface area contributed by atoms with E-state index in [0.717, 1.165) is 25.0 Å². The van der Waals surface area contributed by atoms with E-state index in [2.05, 4.69) is 6.92 Å². The van der Waals surface area contributed by atoms with Crippen LogP contribution in [-0.2, 0) is 11.2 Å². The zero-order valence-corrected chi connectivity index (χ0v) is 9.53. The van der Waals surface area contributed by atoms with Crippen LogP contribution in [0.15, 0.2) is 24.3 Å². The molecule has 0 aromatic heterocycles. The summed E-state index contributed by atoms with van der Waals surface area (Å²) in [6, 6.07) is 6.52. The summed E-state index contributed by atoms with van der Waals surface area (Å²) in [7, 11) is 0. The Bertz CT molecular complexity index is 338. The Morgan fingerprint density at radius 2 is 2.12 bits per heavy atom. The first kappa shape index (κ1) is 11.6. The lowest BCUT2D eigenvalue weighted by molar-refractivity contribution is 0.0726. The zero-order valence-electron chi connectivity index (χ0n) is 9.53. The fourth-order valence-corrected chi connectivity index (χ4v) is 2.27. The van der Waals surface area contributed by atoms with Gasteiger partial charge in [-0.15, -0.1) is 0 Å². The van der Waals surface area contributed by atoms with Crippen molar-refractivity contribution in [3.63, 3.8) is 0 Å². The predicted octanol–water partition coefficient (Wildman–Crippen LogP) is 2.12. The molecular formula is C13H18FNO. The number of ether oxygens (including phenoxy) is 1. The Kier molecular flexibility index (Phi) is 3.56. The summed E-state index contributed by atoms with van der Waals surface area (Å²) in [5, 5.41) is 0. The summed E-state index contributed by atoms with van der Waals surface area (Å²) in [6.07, 6.45) is 1.97. The van der Waals surface area contributed by atoms with Crippen molar-refractivity contribution >= 4 is 0 Å². The lowest BCUT2D eigenvalue weighted by Gasteiger charge is -2.22. The molecule has 0 radical (unpaired) electrons. The first-order chi connectivity index (χ1) is 7.66. The third-order valence-corrected chi connectivity index (χ3v) is 3.25. The number of hydrogen-bond donors (Lipinski definition) is 1. The molecule has 1 aromatic carbocycles. The van der Waals surface area contributed by atoms with Gasteiger partial charge in [0.1, 0.15) is 5.82 Å². The minimum absolute atomic E-state index is 0.00274. The van der Waals surface area contributed by atoms with Crippen LogP contribution in [0.4, 0.5) is 4.39 Å². The monoisotopic (exact) mass is 223 g/mol. The summed E-state index contributed by atoms with van der Waals surface area (Å²) in [6.45, 7) is 2.98. The predicted molar refractivity (Wildman–Crippen MR) is 61.6 cm³/mol. The Morgan fingerprint density at radius 3 is 2.69 bits per heavy atom. The summed E-state index contributed by atoms with van der Waals surface area (Å²) in [5.74, 6) is 0.318. The van der Waals surface area contributed by atoms with Gasteiger partial charge in [0.05, 0.1) is 6.10 Å². The SMILES string of the molecule is CC1CCOC1C(N)Cc1ccc(F)cc1. The highest BCUT2D eigenvalue weighted by molar-refractivity contribution is 5.17. The largest absolute Gasteiger partial charge is 0.376 e. The molecule has 1 saturated heterocycles. The van der Waals surface area contributed by atoms with Crippen molar-refractivity contribution in [2.24, 2.45) is 11.7 Å². The molecule has 0 bridgehead atoms. The van der Waals surface area contributed by atoms with Crippen LogP contribution in [0.5, 0.6) is 0 Å². The molecule has 1 aliphatic heterocycles. The van der Waals surface area contributed by atoms with Gasteiger partial charge >= 0.3 is 0 Å². The van der Waals surface area contributed by atoms with E-state index in [-0.39, 0.29) is 18.0 Å². The number of halogens is 1. The second-order valence-corrected chi connectivity index (χ2v) is 4.60. The molecule has 88 valence electrons. The summed E-state index contributed by atoms with van der Waals surface area (Å²) in [4.78, 5) is 0. The maximum Gasteiger partial charge on any atom is 0.123 e. The average Bonchev–Trinajstić information content (AvgIpc) is 2.68. The molecular weight excluding hydrogens is 205 g/mol. The molecule has 2 rings (SSSR count). The highest BCUT2D eigenvalue weighted by atomic mass is 19.1.